The molecule has 1 aliphatic heterocycles. The fourth-order valence-electron chi connectivity index (χ4n) is 3.20. The van der Waals surface area contributed by atoms with Gasteiger partial charge in [-0.2, -0.15) is 0 Å². The van der Waals surface area contributed by atoms with Gasteiger partial charge in [-0.1, -0.05) is 0 Å². The van der Waals surface area contributed by atoms with Gasteiger partial charge >= 0.3 is 17.9 Å². The number of hydrogen-bond acceptors (Lipinski definition) is 8. The van der Waals surface area contributed by atoms with Gasteiger partial charge in [0.05, 0.1) is 12.5 Å². The van der Waals surface area contributed by atoms with Gasteiger partial charge in [0.1, 0.15) is 18.1 Å². The molecule has 4 amide bonds. The molecule has 1 rings (SSSR count). The SMILES string of the molecule is NC(=O)CC(NC(=O)C(CCC(=O)O)NC(=O)C1CCCN1)C(=O)NC(CCC(=O)O)C(=O)O. The predicted octanol–water partition coefficient (Wildman–Crippen LogP) is -3.12. The second-order valence-corrected chi connectivity index (χ2v) is 7.71. The molecule has 0 aliphatic carbocycles. The third-order valence-corrected chi connectivity index (χ3v) is 4.96. The highest BCUT2D eigenvalue weighted by atomic mass is 16.4. The zero-order valence-corrected chi connectivity index (χ0v) is 18.2. The lowest BCUT2D eigenvalue weighted by molar-refractivity contribution is -0.143. The summed E-state index contributed by atoms with van der Waals surface area (Å²) in [5.74, 6) is -7.72. The lowest BCUT2D eigenvalue weighted by atomic mass is 10.1. The van der Waals surface area contributed by atoms with Crippen LogP contribution in [0, 0.1) is 0 Å². The van der Waals surface area contributed by atoms with E-state index in [9.17, 15) is 38.7 Å². The first-order valence-corrected chi connectivity index (χ1v) is 10.5. The number of aliphatic carboxylic acids is 3. The molecule has 34 heavy (non-hydrogen) atoms. The van der Waals surface area contributed by atoms with Crippen LogP contribution in [-0.2, 0) is 33.6 Å². The number of carboxylic acid groups (broad SMARTS) is 3. The third-order valence-electron chi connectivity index (χ3n) is 4.96. The van der Waals surface area contributed by atoms with E-state index in [2.05, 4.69) is 16.0 Å². The van der Waals surface area contributed by atoms with E-state index in [0.29, 0.717) is 13.0 Å². The number of carboxylic acids is 3. The topological polar surface area (TPSA) is 254 Å². The minimum absolute atomic E-state index is 0.319. The number of amides is 4. The Morgan fingerprint density at radius 3 is 1.82 bits per heavy atom. The van der Waals surface area contributed by atoms with Crippen molar-refractivity contribution in [2.45, 2.75) is 69.1 Å². The molecule has 9 N–H and O–H groups in total. The molecule has 15 nitrogen and oxygen atoms in total. The summed E-state index contributed by atoms with van der Waals surface area (Å²) in [4.78, 5) is 82.1. The smallest absolute Gasteiger partial charge is 0.326 e. The summed E-state index contributed by atoms with van der Waals surface area (Å²) in [6, 6.07) is -5.20. The zero-order valence-electron chi connectivity index (χ0n) is 18.2. The highest BCUT2D eigenvalue weighted by Gasteiger charge is 2.32. The van der Waals surface area contributed by atoms with Crippen molar-refractivity contribution >= 4 is 41.5 Å². The maximum atomic E-state index is 12.8. The summed E-state index contributed by atoms with van der Waals surface area (Å²) in [6.45, 7) is 0.595. The van der Waals surface area contributed by atoms with Gasteiger partial charge < -0.3 is 42.3 Å². The van der Waals surface area contributed by atoms with Crippen LogP contribution in [0.1, 0.15) is 44.9 Å². The van der Waals surface area contributed by atoms with Crippen LogP contribution in [0.25, 0.3) is 0 Å². The van der Waals surface area contributed by atoms with E-state index in [1.54, 1.807) is 0 Å². The highest BCUT2D eigenvalue weighted by Crippen LogP contribution is 2.08. The van der Waals surface area contributed by atoms with E-state index in [1.807, 2.05) is 5.32 Å². The van der Waals surface area contributed by atoms with E-state index < -0.39 is 91.4 Å². The number of hydrogen-bond donors (Lipinski definition) is 8. The molecule has 0 aromatic rings. The molecule has 0 bridgehead atoms. The minimum Gasteiger partial charge on any atom is -0.481 e. The second kappa shape index (κ2) is 13.7. The maximum absolute atomic E-state index is 12.8. The molecular formula is C19H29N5O10. The van der Waals surface area contributed by atoms with Gasteiger partial charge in [0.15, 0.2) is 0 Å². The summed E-state index contributed by atoms with van der Waals surface area (Å²) >= 11 is 0. The van der Waals surface area contributed by atoms with Gasteiger partial charge in [-0.25, -0.2) is 4.79 Å². The Morgan fingerprint density at radius 1 is 0.824 bits per heavy atom. The van der Waals surface area contributed by atoms with Gasteiger partial charge in [0, 0.05) is 12.8 Å². The fraction of sp³-hybridized carbons (Fsp3) is 0.632. The van der Waals surface area contributed by atoms with Crippen LogP contribution in [0.5, 0.6) is 0 Å². The van der Waals surface area contributed by atoms with E-state index in [4.69, 9.17) is 15.9 Å². The van der Waals surface area contributed by atoms with Crippen molar-refractivity contribution in [3.8, 4) is 0 Å². The average Bonchev–Trinajstić information content (AvgIpc) is 3.27. The molecular weight excluding hydrogens is 458 g/mol. The molecule has 4 unspecified atom stereocenters. The van der Waals surface area contributed by atoms with Crippen LogP contribution >= 0.6 is 0 Å². The molecule has 0 aromatic heterocycles. The van der Waals surface area contributed by atoms with Crippen LogP contribution in [0.3, 0.4) is 0 Å². The zero-order chi connectivity index (χ0) is 25.8. The van der Waals surface area contributed by atoms with Crippen molar-refractivity contribution in [1.29, 1.82) is 0 Å². The van der Waals surface area contributed by atoms with E-state index >= 15 is 0 Å². The largest absolute Gasteiger partial charge is 0.481 e. The van der Waals surface area contributed by atoms with Crippen LogP contribution in [-0.4, -0.2) is 87.6 Å². The Labute approximate surface area is 193 Å². The number of primary amides is 1. The Morgan fingerprint density at radius 2 is 1.35 bits per heavy atom. The van der Waals surface area contributed by atoms with Crippen molar-refractivity contribution in [2.75, 3.05) is 6.54 Å². The molecule has 0 spiro atoms. The lowest BCUT2D eigenvalue weighted by Crippen LogP contribution is -2.57. The number of carbonyl (C=O) groups excluding carboxylic acids is 4. The van der Waals surface area contributed by atoms with Crippen molar-refractivity contribution in [3.63, 3.8) is 0 Å². The van der Waals surface area contributed by atoms with Crippen molar-refractivity contribution in [1.82, 2.24) is 21.3 Å². The van der Waals surface area contributed by atoms with Crippen molar-refractivity contribution < 1.29 is 48.9 Å². The van der Waals surface area contributed by atoms with Crippen LogP contribution in [0.2, 0.25) is 0 Å². The summed E-state index contributed by atoms with van der Waals surface area (Å²) in [5.41, 5.74) is 5.11. The van der Waals surface area contributed by atoms with Gasteiger partial charge in [-0.15, -0.1) is 0 Å². The molecule has 0 aromatic carbocycles. The lowest BCUT2D eigenvalue weighted by Gasteiger charge is -2.24. The number of carbonyl (C=O) groups is 7. The summed E-state index contributed by atoms with van der Waals surface area (Å²) in [7, 11) is 0. The van der Waals surface area contributed by atoms with Crippen LogP contribution in [0.4, 0.5) is 0 Å². The Hall–Kier alpha value is -3.75. The predicted molar refractivity (Wildman–Crippen MR) is 112 cm³/mol. The summed E-state index contributed by atoms with van der Waals surface area (Å²) in [5, 5.41) is 36.4. The first-order chi connectivity index (χ1) is 15.9. The molecule has 1 heterocycles. The van der Waals surface area contributed by atoms with E-state index in [1.165, 1.54) is 0 Å². The monoisotopic (exact) mass is 487 g/mol. The Bertz CT molecular complexity index is 811. The first-order valence-electron chi connectivity index (χ1n) is 10.5. The van der Waals surface area contributed by atoms with Gasteiger partial charge in [0.2, 0.25) is 23.6 Å². The molecule has 15 heteroatoms. The molecule has 0 radical (unpaired) electrons. The average molecular weight is 487 g/mol. The first kappa shape index (κ1) is 28.3. The third kappa shape index (κ3) is 10.2. The van der Waals surface area contributed by atoms with E-state index in [0.717, 1.165) is 6.42 Å². The summed E-state index contributed by atoms with van der Waals surface area (Å²) < 4.78 is 0. The summed E-state index contributed by atoms with van der Waals surface area (Å²) in [6.07, 6.45) is -1.31. The Kier molecular flexibility index (Phi) is 11.4. The number of nitrogens with one attached hydrogen (secondary N) is 4. The molecule has 0 saturated carbocycles. The van der Waals surface area contributed by atoms with Crippen molar-refractivity contribution in [3.05, 3.63) is 0 Å². The van der Waals surface area contributed by atoms with Crippen LogP contribution in [0.15, 0.2) is 0 Å². The quantitative estimate of drug-likeness (QED) is 0.115. The van der Waals surface area contributed by atoms with Gasteiger partial charge in [0.25, 0.3) is 0 Å². The molecule has 190 valence electrons. The highest BCUT2D eigenvalue weighted by molar-refractivity contribution is 5.96. The van der Waals surface area contributed by atoms with Gasteiger partial charge in [-0.05, 0) is 32.2 Å². The minimum atomic E-state index is -1.65. The fourth-order valence-corrected chi connectivity index (χ4v) is 3.20. The van der Waals surface area contributed by atoms with Gasteiger partial charge in [-0.3, -0.25) is 28.8 Å². The molecule has 4 atom stereocenters. The second-order valence-electron chi connectivity index (χ2n) is 7.71. The normalized spacial score (nSPS) is 17.6. The molecule has 1 aliphatic rings. The number of nitrogens with two attached hydrogens (primary N) is 1. The standard InChI is InChI=1S/C19H29N5O10/c20-13(25)8-12(18(32)23-11(19(33)34)4-6-15(28)29)24-17(31)10(3-5-14(26)27)22-16(30)9-2-1-7-21-9/h9-12,21H,1-8H2,(H2,20,25)(H,22,30)(H,23,32)(H,24,31)(H,26,27)(H,28,29)(H,33,34). The Balaban J connectivity index is 2.94. The number of rotatable bonds is 15. The molecule has 1 saturated heterocycles. The van der Waals surface area contributed by atoms with Crippen LogP contribution < -0.4 is 27.0 Å². The van der Waals surface area contributed by atoms with Crippen molar-refractivity contribution in [2.24, 2.45) is 5.73 Å². The molecule has 1 fully saturated rings. The maximum Gasteiger partial charge on any atom is 0.326 e. The van der Waals surface area contributed by atoms with E-state index in [-0.39, 0.29) is 6.42 Å².